The number of anilines is 1. The van der Waals surface area contributed by atoms with E-state index in [0.717, 1.165) is 26.5 Å². The summed E-state index contributed by atoms with van der Waals surface area (Å²) in [5.74, 6) is -0.291. The average molecular weight is 439 g/mol. The minimum absolute atomic E-state index is 0.270. The fourth-order valence-electron chi connectivity index (χ4n) is 2.64. The number of fused-ring (bicyclic) bond motifs is 1. The van der Waals surface area contributed by atoms with Crippen LogP contribution in [-0.2, 0) is 0 Å². The van der Waals surface area contributed by atoms with Crippen molar-refractivity contribution in [3.05, 3.63) is 83.4 Å². The van der Waals surface area contributed by atoms with Crippen LogP contribution in [0.15, 0.2) is 72.8 Å². The van der Waals surface area contributed by atoms with E-state index in [1.54, 1.807) is 47.7 Å². The number of halogens is 1. The van der Waals surface area contributed by atoms with Crippen LogP contribution >= 0.6 is 35.2 Å². The van der Waals surface area contributed by atoms with Crippen molar-refractivity contribution in [2.75, 3.05) is 5.32 Å². The highest BCUT2D eigenvalue weighted by Gasteiger charge is 2.09. The third kappa shape index (κ3) is 4.71. The van der Waals surface area contributed by atoms with E-state index in [1.807, 2.05) is 36.4 Å². The maximum Gasteiger partial charge on any atom is 0.269 e. The van der Waals surface area contributed by atoms with Crippen molar-refractivity contribution in [3.8, 4) is 10.6 Å². The second-order valence-corrected chi connectivity index (χ2v) is 7.98. The van der Waals surface area contributed by atoms with Gasteiger partial charge in [-0.05, 0) is 60.7 Å². The Morgan fingerprint density at radius 3 is 2.38 bits per heavy atom. The van der Waals surface area contributed by atoms with E-state index in [9.17, 15) is 4.79 Å². The van der Waals surface area contributed by atoms with Gasteiger partial charge >= 0.3 is 0 Å². The van der Waals surface area contributed by atoms with Gasteiger partial charge in [-0.2, -0.15) is 0 Å². The monoisotopic (exact) mass is 438 g/mol. The lowest BCUT2D eigenvalue weighted by Gasteiger charge is -2.11. The van der Waals surface area contributed by atoms with Gasteiger partial charge in [-0.15, -0.1) is 11.3 Å². The normalized spacial score (nSPS) is 10.5. The molecule has 3 N–H and O–H groups in total. The number of nitrogens with one attached hydrogen (secondary N) is 3. The smallest absolute Gasteiger partial charge is 0.269 e. The molecule has 0 saturated heterocycles. The number of carbonyl (C=O) groups excluding carboxylic acids is 1. The van der Waals surface area contributed by atoms with Gasteiger partial charge in [0.05, 0.1) is 10.2 Å². The molecular formula is C21H15ClN4OS2. The summed E-state index contributed by atoms with van der Waals surface area (Å²) in [4.78, 5) is 17.0. The molecular weight excluding hydrogens is 424 g/mol. The molecule has 144 valence electrons. The van der Waals surface area contributed by atoms with Gasteiger partial charge in [-0.25, -0.2) is 4.98 Å². The Morgan fingerprint density at radius 2 is 1.66 bits per heavy atom. The minimum atomic E-state index is -0.291. The van der Waals surface area contributed by atoms with Crippen LogP contribution in [0.3, 0.4) is 0 Å². The Labute approximate surface area is 181 Å². The maximum atomic E-state index is 12.3. The second-order valence-electron chi connectivity index (χ2n) is 6.10. The number of thiocarbonyl (C=S) groups is 1. The van der Waals surface area contributed by atoms with Gasteiger partial charge in [-0.1, -0.05) is 35.9 Å². The van der Waals surface area contributed by atoms with E-state index in [0.29, 0.717) is 10.6 Å². The molecule has 1 aromatic heterocycles. The third-order valence-corrected chi connectivity index (χ3v) is 5.62. The van der Waals surface area contributed by atoms with E-state index in [2.05, 4.69) is 21.2 Å². The Kier molecular flexibility index (Phi) is 5.71. The molecule has 0 atom stereocenters. The Balaban J connectivity index is 1.36. The zero-order valence-electron chi connectivity index (χ0n) is 15.0. The molecule has 3 aromatic carbocycles. The van der Waals surface area contributed by atoms with Crippen molar-refractivity contribution in [1.29, 1.82) is 0 Å². The van der Waals surface area contributed by atoms with E-state index >= 15 is 0 Å². The van der Waals surface area contributed by atoms with Crippen molar-refractivity contribution >= 4 is 62.1 Å². The number of carbonyl (C=O) groups is 1. The van der Waals surface area contributed by atoms with Crippen molar-refractivity contribution < 1.29 is 4.79 Å². The molecule has 0 aliphatic rings. The Morgan fingerprint density at radius 1 is 0.931 bits per heavy atom. The van der Waals surface area contributed by atoms with E-state index in [1.165, 1.54) is 0 Å². The van der Waals surface area contributed by atoms with Gasteiger partial charge in [0, 0.05) is 21.8 Å². The molecule has 0 fully saturated rings. The number of thiazole rings is 1. The summed E-state index contributed by atoms with van der Waals surface area (Å²) in [6.07, 6.45) is 0. The summed E-state index contributed by atoms with van der Waals surface area (Å²) in [5, 5.41) is 4.79. The standard InChI is InChI=1S/C21H15ClN4OS2/c22-15-9-11-16(12-10-15)23-21(28)26-25-19(27)13-5-7-14(8-6-13)20-24-17-3-1-2-4-18(17)29-20/h1-12H,(H,25,27)(H2,23,26,28). The molecule has 0 bridgehead atoms. The number of para-hydroxylation sites is 1. The van der Waals surface area contributed by atoms with Crippen LogP contribution in [0.5, 0.6) is 0 Å². The number of rotatable bonds is 3. The molecule has 4 rings (SSSR count). The van der Waals surface area contributed by atoms with Crippen LogP contribution in [0, 0.1) is 0 Å². The van der Waals surface area contributed by atoms with Crippen molar-refractivity contribution in [3.63, 3.8) is 0 Å². The number of amides is 1. The zero-order chi connectivity index (χ0) is 20.2. The van der Waals surface area contributed by atoms with Crippen LogP contribution in [0.2, 0.25) is 5.02 Å². The first-order chi connectivity index (χ1) is 14.1. The summed E-state index contributed by atoms with van der Waals surface area (Å²) in [6, 6.07) is 22.4. The maximum absolute atomic E-state index is 12.3. The predicted octanol–water partition coefficient (Wildman–Crippen LogP) is 5.25. The van der Waals surface area contributed by atoms with Gasteiger partial charge < -0.3 is 5.32 Å². The topological polar surface area (TPSA) is 66.1 Å². The first-order valence-corrected chi connectivity index (χ1v) is 10.3. The van der Waals surface area contributed by atoms with E-state index in [-0.39, 0.29) is 11.0 Å². The number of hydrogen-bond donors (Lipinski definition) is 3. The summed E-state index contributed by atoms with van der Waals surface area (Å²) < 4.78 is 1.13. The quantitative estimate of drug-likeness (QED) is 0.301. The van der Waals surface area contributed by atoms with Crippen LogP contribution in [0.25, 0.3) is 20.8 Å². The van der Waals surface area contributed by atoms with E-state index < -0.39 is 0 Å². The lowest BCUT2D eigenvalue weighted by atomic mass is 10.1. The molecule has 29 heavy (non-hydrogen) atoms. The molecule has 0 saturated carbocycles. The van der Waals surface area contributed by atoms with E-state index in [4.69, 9.17) is 23.8 Å². The van der Waals surface area contributed by atoms with Crippen molar-refractivity contribution in [2.45, 2.75) is 0 Å². The van der Waals surface area contributed by atoms with Gasteiger partial charge in [0.25, 0.3) is 5.91 Å². The molecule has 4 aromatic rings. The number of aromatic nitrogens is 1. The number of hydrogen-bond acceptors (Lipinski definition) is 4. The summed E-state index contributed by atoms with van der Waals surface area (Å²) in [5.41, 5.74) is 8.48. The molecule has 0 spiro atoms. The Bertz CT molecular complexity index is 1140. The predicted molar refractivity (Wildman–Crippen MR) is 123 cm³/mol. The largest absolute Gasteiger partial charge is 0.331 e. The van der Waals surface area contributed by atoms with Crippen LogP contribution in [-0.4, -0.2) is 16.0 Å². The van der Waals surface area contributed by atoms with Crippen LogP contribution in [0.4, 0.5) is 5.69 Å². The molecule has 1 amide bonds. The van der Waals surface area contributed by atoms with Gasteiger partial charge in [-0.3, -0.25) is 15.6 Å². The molecule has 0 radical (unpaired) electrons. The van der Waals surface area contributed by atoms with Gasteiger partial charge in [0.15, 0.2) is 5.11 Å². The summed E-state index contributed by atoms with van der Waals surface area (Å²) >= 11 is 12.7. The minimum Gasteiger partial charge on any atom is -0.331 e. The van der Waals surface area contributed by atoms with Gasteiger partial charge in [0.2, 0.25) is 0 Å². The lowest BCUT2D eigenvalue weighted by Crippen LogP contribution is -2.43. The summed E-state index contributed by atoms with van der Waals surface area (Å²) in [7, 11) is 0. The fourth-order valence-corrected chi connectivity index (χ4v) is 3.91. The average Bonchev–Trinajstić information content (AvgIpc) is 3.18. The number of benzene rings is 3. The highest BCUT2D eigenvalue weighted by atomic mass is 35.5. The number of nitrogens with zero attached hydrogens (tertiary/aromatic N) is 1. The van der Waals surface area contributed by atoms with Crippen LogP contribution < -0.4 is 16.2 Å². The number of hydrazine groups is 1. The SMILES string of the molecule is O=C(NNC(=S)Nc1ccc(Cl)cc1)c1ccc(-c2nc3ccccc3s2)cc1. The van der Waals surface area contributed by atoms with Crippen molar-refractivity contribution in [1.82, 2.24) is 15.8 Å². The highest BCUT2D eigenvalue weighted by molar-refractivity contribution is 7.80. The molecule has 0 aliphatic heterocycles. The molecule has 1 heterocycles. The fraction of sp³-hybridized carbons (Fsp3) is 0. The third-order valence-electron chi connectivity index (χ3n) is 4.08. The molecule has 5 nitrogen and oxygen atoms in total. The lowest BCUT2D eigenvalue weighted by molar-refractivity contribution is 0.0944. The highest BCUT2D eigenvalue weighted by Crippen LogP contribution is 2.29. The van der Waals surface area contributed by atoms with Crippen molar-refractivity contribution in [2.24, 2.45) is 0 Å². The molecule has 8 heteroatoms. The summed E-state index contributed by atoms with van der Waals surface area (Å²) in [6.45, 7) is 0. The molecule has 0 unspecified atom stereocenters. The molecule has 0 aliphatic carbocycles. The van der Waals surface area contributed by atoms with Crippen LogP contribution in [0.1, 0.15) is 10.4 Å². The zero-order valence-corrected chi connectivity index (χ0v) is 17.4. The van der Waals surface area contributed by atoms with Gasteiger partial charge in [0.1, 0.15) is 5.01 Å². The first-order valence-electron chi connectivity index (χ1n) is 8.67. The first kappa shape index (κ1) is 19.3. The second kappa shape index (κ2) is 8.57. The Hall–Kier alpha value is -3.00.